The van der Waals surface area contributed by atoms with Crippen LogP contribution < -0.4 is 16.3 Å². The normalized spacial score (nSPS) is 28.2. The quantitative estimate of drug-likeness (QED) is 0.310. The van der Waals surface area contributed by atoms with Gasteiger partial charge < -0.3 is 19.1 Å². The number of aliphatic hydroxyl groups excluding tert-OH is 1. The van der Waals surface area contributed by atoms with E-state index in [1.165, 1.54) is 23.6 Å². The Hall–Kier alpha value is -1.43. The van der Waals surface area contributed by atoms with Gasteiger partial charge in [0.25, 0.3) is 5.56 Å². The molecule has 1 saturated carbocycles. The molecule has 1 aromatic rings. The number of esters is 1. The molecule has 0 radical (unpaired) electrons. The smallest absolute Gasteiger partial charge is 0.330 e. The standard InChI is InChI=1S/C21H34N3O8PS/c1-12(2)31-20(27)14(4)23-33(29,34-15-7-5-6-8-15)30-11-16-13(3)18(26)19(32-16)24-10-9-17(25)22-21(24)28/h9-10,12-16,18-19,26H,5-8,11H2,1-4H3,(H,23,29)(H,22,25,28)/t13-,14+,16-,18-,19-,33-/m1/s1. The number of hydrogen-bond acceptors (Lipinski definition) is 9. The largest absolute Gasteiger partial charge is 0.462 e. The zero-order valence-electron chi connectivity index (χ0n) is 19.8. The second kappa shape index (κ2) is 11.5. The van der Waals surface area contributed by atoms with Crippen molar-refractivity contribution < 1.29 is 28.5 Å². The second-order valence-electron chi connectivity index (χ2n) is 9.07. The minimum atomic E-state index is -3.54. The summed E-state index contributed by atoms with van der Waals surface area (Å²) in [6, 6.07) is 0.321. The molecule has 2 aliphatic rings. The van der Waals surface area contributed by atoms with Crippen molar-refractivity contribution >= 4 is 24.1 Å². The maximum atomic E-state index is 13.8. The molecule has 2 fully saturated rings. The zero-order valence-corrected chi connectivity index (χ0v) is 21.6. The number of carbonyl (C=O) groups excluding carboxylic acids is 1. The fraction of sp³-hybridized carbons (Fsp3) is 0.762. The highest BCUT2D eigenvalue weighted by Gasteiger charge is 2.44. The van der Waals surface area contributed by atoms with Gasteiger partial charge in [0.2, 0.25) is 0 Å². The van der Waals surface area contributed by atoms with Crippen LogP contribution in [-0.2, 0) is 23.4 Å². The van der Waals surface area contributed by atoms with Crippen molar-refractivity contribution in [2.45, 2.75) is 89.2 Å². The van der Waals surface area contributed by atoms with Gasteiger partial charge in [-0.3, -0.25) is 23.7 Å². The van der Waals surface area contributed by atoms with Crippen LogP contribution in [0.1, 0.15) is 59.6 Å². The Balaban J connectivity index is 1.70. The first-order valence-corrected chi connectivity index (χ1v) is 14.7. The summed E-state index contributed by atoms with van der Waals surface area (Å²) < 4.78 is 31.8. The summed E-state index contributed by atoms with van der Waals surface area (Å²) in [6.07, 6.45) is 2.14. The van der Waals surface area contributed by atoms with Gasteiger partial charge in [-0.2, -0.15) is 0 Å². The molecule has 2 heterocycles. The Morgan fingerprint density at radius 1 is 1.35 bits per heavy atom. The summed E-state index contributed by atoms with van der Waals surface area (Å²) in [5, 5.41) is 13.6. The van der Waals surface area contributed by atoms with Crippen molar-refractivity contribution in [2.24, 2.45) is 5.92 Å². The lowest BCUT2D eigenvalue weighted by molar-refractivity contribution is -0.149. The lowest BCUT2D eigenvalue weighted by Crippen LogP contribution is -2.35. The van der Waals surface area contributed by atoms with Gasteiger partial charge in [0.15, 0.2) is 6.23 Å². The molecule has 11 nitrogen and oxygen atoms in total. The fourth-order valence-corrected chi connectivity index (χ4v) is 8.88. The van der Waals surface area contributed by atoms with Crippen molar-refractivity contribution in [3.63, 3.8) is 0 Å². The maximum absolute atomic E-state index is 13.8. The van der Waals surface area contributed by atoms with Gasteiger partial charge in [-0.15, -0.1) is 0 Å². The number of aromatic amines is 1. The highest BCUT2D eigenvalue weighted by Crippen LogP contribution is 2.61. The molecule has 1 aliphatic carbocycles. The van der Waals surface area contributed by atoms with Crippen LogP contribution in [-0.4, -0.2) is 56.8 Å². The van der Waals surface area contributed by atoms with Crippen molar-refractivity contribution in [1.82, 2.24) is 14.6 Å². The average molecular weight is 520 g/mol. The molecule has 1 aromatic heterocycles. The molecule has 3 N–H and O–H groups in total. The molecule has 0 spiro atoms. The number of hydrogen-bond donors (Lipinski definition) is 3. The van der Waals surface area contributed by atoms with Gasteiger partial charge in [-0.1, -0.05) is 31.1 Å². The minimum absolute atomic E-state index is 0.122. The molecule has 192 valence electrons. The van der Waals surface area contributed by atoms with Crippen LogP contribution in [0.5, 0.6) is 0 Å². The third kappa shape index (κ3) is 6.83. The predicted molar refractivity (Wildman–Crippen MR) is 128 cm³/mol. The molecule has 0 aromatic carbocycles. The van der Waals surface area contributed by atoms with Crippen molar-refractivity contribution in [1.29, 1.82) is 0 Å². The average Bonchev–Trinajstić information content (AvgIpc) is 3.35. The Bertz CT molecular complexity index is 1010. The Morgan fingerprint density at radius 3 is 2.65 bits per heavy atom. The molecule has 0 bridgehead atoms. The van der Waals surface area contributed by atoms with E-state index in [-0.39, 0.29) is 18.0 Å². The van der Waals surface area contributed by atoms with Gasteiger partial charge in [-0.25, -0.2) is 9.88 Å². The molecule has 1 aliphatic heterocycles. The Labute approximate surface area is 202 Å². The van der Waals surface area contributed by atoms with E-state index in [9.17, 15) is 24.1 Å². The maximum Gasteiger partial charge on any atom is 0.330 e. The van der Waals surface area contributed by atoms with Gasteiger partial charge in [0.1, 0.15) is 12.1 Å². The number of nitrogens with zero attached hydrogens (tertiary/aromatic N) is 1. The number of rotatable bonds is 10. The van der Waals surface area contributed by atoms with Crippen LogP contribution in [0.25, 0.3) is 0 Å². The van der Waals surface area contributed by atoms with E-state index in [0.717, 1.165) is 30.3 Å². The fourth-order valence-electron chi connectivity index (χ4n) is 4.00. The van der Waals surface area contributed by atoms with Crippen LogP contribution >= 0.6 is 18.1 Å². The first-order chi connectivity index (χ1) is 16.0. The molecule has 3 rings (SSSR count). The molecule has 34 heavy (non-hydrogen) atoms. The molecule has 6 atom stereocenters. The Kier molecular flexibility index (Phi) is 9.22. The summed E-state index contributed by atoms with van der Waals surface area (Å²) in [5.74, 6) is -0.971. The summed E-state index contributed by atoms with van der Waals surface area (Å²) in [4.78, 5) is 37.9. The van der Waals surface area contributed by atoms with Gasteiger partial charge in [0.05, 0.1) is 18.8 Å². The number of aromatic nitrogens is 2. The first kappa shape index (κ1) is 27.2. The molecule has 0 amide bonds. The van der Waals surface area contributed by atoms with E-state index < -0.39 is 54.3 Å². The summed E-state index contributed by atoms with van der Waals surface area (Å²) in [5.41, 5.74) is -1.25. The number of aliphatic hydroxyl groups is 1. The molecule has 13 heteroatoms. The number of carbonyl (C=O) groups is 1. The summed E-state index contributed by atoms with van der Waals surface area (Å²) in [7, 11) is 0. The third-order valence-corrected chi connectivity index (χ3v) is 10.5. The van der Waals surface area contributed by atoms with Crippen molar-refractivity contribution in [3.8, 4) is 0 Å². The van der Waals surface area contributed by atoms with Crippen LogP contribution in [0.2, 0.25) is 0 Å². The lowest BCUT2D eigenvalue weighted by Gasteiger charge is -2.26. The minimum Gasteiger partial charge on any atom is -0.462 e. The van der Waals surface area contributed by atoms with E-state index in [0.29, 0.717) is 0 Å². The van der Waals surface area contributed by atoms with Crippen LogP contribution in [0.3, 0.4) is 0 Å². The number of nitrogens with one attached hydrogen (secondary N) is 2. The molecular weight excluding hydrogens is 485 g/mol. The molecule has 1 saturated heterocycles. The van der Waals surface area contributed by atoms with E-state index >= 15 is 0 Å². The van der Waals surface area contributed by atoms with E-state index in [1.807, 2.05) is 0 Å². The molecular formula is C21H34N3O8PS. The topological polar surface area (TPSA) is 149 Å². The van der Waals surface area contributed by atoms with E-state index in [1.54, 1.807) is 27.7 Å². The van der Waals surface area contributed by atoms with E-state index in [4.69, 9.17) is 14.0 Å². The van der Waals surface area contributed by atoms with Gasteiger partial charge in [0, 0.05) is 23.4 Å². The van der Waals surface area contributed by atoms with Crippen LogP contribution in [0, 0.1) is 5.92 Å². The SMILES string of the molecule is CC(C)OC(=O)[C@H](C)N[P@@](=O)(OC[C@H]1O[C@@H](n2ccc(=O)[nH]c2=O)[C@H](O)[C@@H]1C)SC1CCCC1. The van der Waals surface area contributed by atoms with Crippen LogP contribution in [0.15, 0.2) is 21.9 Å². The van der Waals surface area contributed by atoms with Crippen molar-refractivity contribution in [3.05, 3.63) is 33.1 Å². The van der Waals surface area contributed by atoms with Crippen molar-refractivity contribution in [2.75, 3.05) is 6.61 Å². The lowest BCUT2D eigenvalue weighted by atomic mass is 10.0. The molecule has 0 unspecified atom stereocenters. The van der Waals surface area contributed by atoms with Crippen LogP contribution in [0.4, 0.5) is 0 Å². The Morgan fingerprint density at radius 2 is 2.03 bits per heavy atom. The number of ether oxygens (including phenoxy) is 2. The predicted octanol–water partition coefficient (Wildman–Crippen LogP) is 2.16. The van der Waals surface area contributed by atoms with Gasteiger partial charge >= 0.3 is 18.4 Å². The second-order valence-corrected chi connectivity index (χ2v) is 13.5. The highest BCUT2D eigenvalue weighted by atomic mass is 32.7. The first-order valence-electron chi connectivity index (χ1n) is 11.6. The summed E-state index contributed by atoms with van der Waals surface area (Å²) in [6.45, 7) is 3.13. The number of H-pyrrole nitrogens is 1. The third-order valence-electron chi connectivity index (χ3n) is 5.91. The summed E-state index contributed by atoms with van der Waals surface area (Å²) >= 11 is 1.21. The van der Waals surface area contributed by atoms with Gasteiger partial charge in [-0.05, 0) is 33.6 Å². The zero-order chi connectivity index (χ0) is 25.0. The van der Waals surface area contributed by atoms with E-state index in [2.05, 4.69) is 10.1 Å². The highest BCUT2D eigenvalue weighted by molar-refractivity contribution is 8.56. The monoisotopic (exact) mass is 519 g/mol.